The Morgan fingerprint density at radius 3 is 2.74 bits per heavy atom. The Labute approximate surface area is 111 Å². The van der Waals surface area contributed by atoms with Gasteiger partial charge in [0.1, 0.15) is 5.75 Å². The van der Waals surface area contributed by atoms with Crippen molar-refractivity contribution in [3.63, 3.8) is 0 Å². The summed E-state index contributed by atoms with van der Waals surface area (Å²) in [4.78, 5) is 21.4. The number of carbonyl (C=O) groups is 2. The molecule has 0 amide bonds. The Morgan fingerprint density at radius 1 is 1.32 bits per heavy atom. The van der Waals surface area contributed by atoms with E-state index < -0.39 is 5.97 Å². The molecule has 0 aromatic heterocycles. The molecule has 0 spiro atoms. The number of esters is 1. The molecule has 0 heterocycles. The van der Waals surface area contributed by atoms with E-state index in [2.05, 4.69) is 4.74 Å². The molecule has 0 aliphatic heterocycles. The number of carbonyl (C=O) groups excluding carboxylic acids is 1. The third-order valence-corrected chi connectivity index (χ3v) is 2.33. The van der Waals surface area contributed by atoms with Crippen LogP contribution < -0.4 is 4.74 Å². The second-order valence-corrected chi connectivity index (χ2v) is 3.74. The molecule has 0 atom stereocenters. The van der Waals surface area contributed by atoms with Crippen LogP contribution >= 0.6 is 0 Å². The standard InChI is InChI=1S/C14H16O5/c1-18-14(17)7-4-10-19-12-6-3-2-5-11(12)8-9-13(15)16/h2-3,5-6,8-9H,4,7,10H2,1H3,(H,15,16)/b9-8+. The van der Waals surface area contributed by atoms with Crippen LogP contribution in [0.2, 0.25) is 0 Å². The molecule has 1 aromatic rings. The molecule has 0 saturated heterocycles. The number of carboxylic acids is 1. The monoisotopic (exact) mass is 264 g/mol. The minimum Gasteiger partial charge on any atom is -0.493 e. The number of rotatable bonds is 7. The minimum absolute atomic E-state index is 0.275. The highest BCUT2D eigenvalue weighted by Crippen LogP contribution is 2.19. The Hall–Kier alpha value is -2.30. The lowest BCUT2D eigenvalue weighted by Gasteiger charge is -2.08. The number of carboxylic acid groups (broad SMARTS) is 1. The first kappa shape index (κ1) is 14.8. The third-order valence-electron chi connectivity index (χ3n) is 2.33. The predicted molar refractivity (Wildman–Crippen MR) is 69.9 cm³/mol. The van der Waals surface area contributed by atoms with Gasteiger partial charge in [-0.1, -0.05) is 18.2 Å². The summed E-state index contributed by atoms with van der Waals surface area (Å²) in [7, 11) is 1.34. The molecule has 5 heteroatoms. The van der Waals surface area contributed by atoms with Crippen LogP contribution in [0.1, 0.15) is 18.4 Å². The number of aliphatic carboxylic acids is 1. The van der Waals surface area contributed by atoms with Crippen molar-refractivity contribution in [1.29, 1.82) is 0 Å². The Morgan fingerprint density at radius 2 is 2.05 bits per heavy atom. The van der Waals surface area contributed by atoms with Crippen LogP contribution in [0.5, 0.6) is 5.75 Å². The van der Waals surface area contributed by atoms with Gasteiger partial charge >= 0.3 is 11.9 Å². The van der Waals surface area contributed by atoms with Gasteiger partial charge in [0, 0.05) is 18.1 Å². The van der Waals surface area contributed by atoms with E-state index >= 15 is 0 Å². The van der Waals surface area contributed by atoms with Crippen molar-refractivity contribution in [3.8, 4) is 5.75 Å². The second-order valence-electron chi connectivity index (χ2n) is 3.74. The summed E-state index contributed by atoms with van der Waals surface area (Å²) in [6, 6.07) is 7.10. The molecule has 0 bridgehead atoms. The van der Waals surface area contributed by atoms with Crippen LogP contribution in [0.25, 0.3) is 6.08 Å². The van der Waals surface area contributed by atoms with Crippen molar-refractivity contribution in [2.75, 3.05) is 13.7 Å². The lowest BCUT2D eigenvalue weighted by Crippen LogP contribution is -2.05. The van der Waals surface area contributed by atoms with Gasteiger partial charge in [-0.15, -0.1) is 0 Å². The minimum atomic E-state index is -1.01. The molecule has 1 rings (SSSR count). The molecule has 1 aromatic carbocycles. The van der Waals surface area contributed by atoms with Gasteiger partial charge in [0.15, 0.2) is 0 Å². The summed E-state index contributed by atoms with van der Waals surface area (Å²) in [5.41, 5.74) is 0.683. The van der Waals surface area contributed by atoms with E-state index in [1.165, 1.54) is 13.2 Å². The highest BCUT2D eigenvalue weighted by molar-refractivity contribution is 5.85. The van der Waals surface area contributed by atoms with Crippen LogP contribution in [0.3, 0.4) is 0 Å². The van der Waals surface area contributed by atoms with E-state index in [-0.39, 0.29) is 5.97 Å². The maximum absolute atomic E-state index is 10.9. The maximum Gasteiger partial charge on any atom is 0.328 e. The summed E-state index contributed by atoms with van der Waals surface area (Å²) < 4.78 is 10.0. The van der Waals surface area contributed by atoms with Gasteiger partial charge in [-0.2, -0.15) is 0 Å². The molecule has 102 valence electrons. The molecule has 19 heavy (non-hydrogen) atoms. The van der Waals surface area contributed by atoms with Crippen LogP contribution in [-0.4, -0.2) is 30.8 Å². The van der Waals surface area contributed by atoms with Gasteiger partial charge in [0.25, 0.3) is 0 Å². The fourth-order valence-corrected chi connectivity index (χ4v) is 1.41. The number of methoxy groups -OCH3 is 1. The fraction of sp³-hybridized carbons (Fsp3) is 0.286. The van der Waals surface area contributed by atoms with Crippen molar-refractivity contribution < 1.29 is 24.2 Å². The first-order chi connectivity index (χ1) is 9.13. The predicted octanol–water partition coefficient (Wildman–Crippen LogP) is 2.12. The van der Waals surface area contributed by atoms with Crippen LogP contribution in [0.4, 0.5) is 0 Å². The van der Waals surface area contributed by atoms with Crippen molar-refractivity contribution >= 4 is 18.0 Å². The second kappa shape index (κ2) is 7.92. The molecular weight excluding hydrogens is 248 g/mol. The number of hydrogen-bond acceptors (Lipinski definition) is 4. The van der Waals surface area contributed by atoms with Crippen molar-refractivity contribution in [3.05, 3.63) is 35.9 Å². The van der Waals surface area contributed by atoms with Gasteiger partial charge in [-0.25, -0.2) is 4.79 Å². The fourth-order valence-electron chi connectivity index (χ4n) is 1.41. The third kappa shape index (κ3) is 5.72. The molecule has 0 unspecified atom stereocenters. The highest BCUT2D eigenvalue weighted by atomic mass is 16.5. The summed E-state index contributed by atoms with van der Waals surface area (Å²) in [6.07, 6.45) is 3.36. The first-order valence-corrected chi connectivity index (χ1v) is 5.83. The highest BCUT2D eigenvalue weighted by Gasteiger charge is 2.03. The number of hydrogen-bond donors (Lipinski definition) is 1. The number of para-hydroxylation sites is 1. The molecule has 0 saturated carbocycles. The van der Waals surface area contributed by atoms with Crippen LogP contribution in [0.15, 0.2) is 30.3 Å². The van der Waals surface area contributed by atoms with Crippen LogP contribution in [-0.2, 0) is 14.3 Å². The number of ether oxygens (including phenoxy) is 2. The van der Waals surface area contributed by atoms with Crippen molar-refractivity contribution in [2.45, 2.75) is 12.8 Å². The SMILES string of the molecule is COC(=O)CCCOc1ccccc1/C=C/C(=O)O. The molecule has 0 fully saturated rings. The zero-order valence-corrected chi connectivity index (χ0v) is 10.7. The van der Waals surface area contributed by atoms with Gasteiger partial charge < -0.3 is 14.6 Å². The largest absolute Gasteiger partial charge is 0.493 e. The Bertz CT molecular complexity index is 465. The van der Waals surface area contributed by atoms with Gasteiger partial charge in [-0.3, -0.25) is 4.79 Å². The molecule has 1 N–H and O–H groups in total. The molecule has 5 nitrogen and oxygen atoms in total. The number of benzene rings is 1. The Balaban J connectivity index is 2.53. The van der Waals surface area contributed by atoms with E-state index in [0.717, 1.165) is 6.08 Å². The van der Waals surface area contributed by atoms with E-state index in [4.69, 9.17) is 9.84 Å². The average molecular weight is 264 g/mol. The van der Waals surface area contributed by atoms with E-state index in [0.29, 0.717) is 30.8 Å². The maximum atomic E-state index is 10.9. The van der Waals surface area contributed by atoms with E-state index in [1.807, 2.05) is 0 Å². The Kier molecular flexibility index (Phi) is 6.15. The normalized spacial score (nSPS) is 10.4. The average Bonchev–Trinajstić information content (AvgIpc) is 2.41. The van der Waals surface area contributed by atoms with Crippen LogP contribution in [0, 0.1) is 0 Å². The lowest BCUT2D eigenvalue weighted by atomic mass is 10.2. The topological polar surface area (TPSA) is 72.8 Å². The summed E-state index contributed by atoms with van der Waals surface area (Å²) in [6.45, 7) is 0.368. The molecule has 0 aliphatic rings. The van der Waals surface area contributed by atoms with Crippen molar-refractivity contribution in [1.82, 2.24) is 0 Å². The molecule has 0 radical (unpaired) electrons. The summed E-state index contributed by atoms with van der Waals surface area (Å²) in [5.74, 6) is -0.701. The van der Waals surface area contributed by atoms with Gasteiger partial charge in [0.2, 0.25) is 0 Å². The van der Waals surface area contributed by atoms with E-state index in [9.17, 15) is 9.59 Å². The molecular formula is C14H16O5. The van der Waals surface area contributed by atoms with E-state index in [1.54, 1.807) is 24.3 Å². The van der Waals surface area contributed by atoms with Gasteiger partial charge in [0.05, 0.1) is 13.7 Å². The zero-order chi connectivity index (χ0) is 14.1. The summed E-state index contributed by atoms with van der Waals surface area (Å²) in [5, 5.41) is 8.59. The molecule has 0 aliphatic carbocycles. The smallest absolute Gasteiger partial charge is 0.328 e. The quantitative estimate of drug-likeness (QED) is 0.464. The zero-order valence-electron chi connectivity index (χ0n) is 10.7. The summed E-state index contributed by atoms with van der Waals surface area (Å²) >= 11 is 0. The lowest BCUT2D eigenvalue weighted by molar-refractivity contribution is -0.140. The first-order valence-electron chi connectivity index (χ1n) is 5.83. The van der Waals surface area contributed by atoms with Gasteiger partial charge in [-0.05, 0) is 18.6 Å². The van der Waals surface area contributed by atoms with Crippen molar-refractivity contribution in [2.24, 2.45) is 0 Å².